The largest absolute Gasteiger partial charge is 0.449 e. The van der Waals surface area contributed by atoms with Gasteiger partial charge in [-0.3, -0.25) is 9.47 Å². The molecule has 1 aromatic carbocycles. The summed E-state index contributed by atoms with van der Waals surface area (Å²) in [6, 6.07) is 8.73. The Bertz CT molecular complexity index is 637. The van der Waals surface area contributed by atoms with Crippen molar-refractivity contribution in [1.29, 1.82) is 0 Å². The number of carbonyl (C=O) groups excluding carboxylic acids is 2. The standard InChI is InChI=1S/C14H13FN2O3/c1-2-20-14(19)16-17-9-5-8-12(17)13(18)10-6-3-4-7-11(10)15/h3-9H,2H2,1H3,(H,16,19). The molecule has 0 spiro atoms. The molecule has 2 aromatic rings. The van der Waals surface area contributed by atoms with E-state index in [0.29, 0.717) is 0 Å². The Hall–Kier alpha value is -2.63. The molecule has 0 atom stereocenters. The Kier molecular flexibility index (Phi) is 4.14. The van der Waals surface area contributed by atoms with Crippen LogP contribution in [0.5, 0.6) is 0 Å². The predicted molar refractivity (Wildman–Crippen MR) is 70.6 cm³/mol. The molecule has 0 aliphatic heterocycles. The van der Waals surface area contributed by atoms with Crippen LogP contribution in [-0.2, 0) is 4.74 Å². The molecule has 2 rings (SSSR count). The van der Waals surface area contributed by atoms with Crippen molar-refractivity contribution in [1.82, 2.24) is 4.68 Å². The fourth-order valence-corrected chi connectivity index (χ4v) is 1.71. The average Bonchev–Trinajstić information content (AvgIpc) is 2.87. The number of halogens is 1. The molecule has 0 fully saturated rings. The van der Waals surface area contributed by atoms with E-state index in [9.17, 15) is 14.0 Å². The van der Waals surface area contributed by atoms with Gasteiger partial charge < -0.3 is 4.74 Å². The van der Waals surface area contributed by atoms with E-state index in [0.717, 1.165) is 0 Å². The van der Waals surface area contributed by atoms with Gasteiger partial charge in [-0.1, -0.05) is 12.1 Å². The van der Waals surface area contributed by atoms with Crippen molar-refractivity contribution in [2.45, 2.75) is 6.92 Å². The van der Waals surface area contributed by atoms with Crippen LogP contribution in [0, 0.1) is 5.82 Å². The third-order valence-electron chi connectivity index (χ3n) is 2.59. The van der Waals surface area contributed by atoms with Crippen molar-refractivity contribution in [2.24, 2.45) is 0 Å². The van der Waals surface area contributed by atoms with Gasteiger partial charge in [-0.2, -0.15) is 0 Å². The van der Waals surface area contributed by atoms with Crippen molar-refractivity contribution >= 4 is 11.9 Å². The van der Waals surface area contributed by atoms with E-state index in [4.69, 9.17) is 4.74 Å². The van der Waals surface area contributed by atoms with E-state index in [1.54, 1.807) is 19.1 Å². The Labute approximate surface area is 114 Å². The Morgan fingerprint density at radius 3 is 2.70 bits per heavy atom. The number of hydrogen-bond donors (Lipinski definition) is 1. The van der Waals surface area contributed by atoms with Crippen LogP contribution in [0.2, 0.25) is 0 Å². The number of aromatic nitrogens is 1. The summed E-state index contributed by atoms with van der Waals surface area (Å²) >= 11 is 0. The summed E-state index contributed by atoms with van der Waals surface area (Å²) in [5.74, 6) is -1.13. The lowest BCUT2D eigenvalue weighted by atomic mass is 10.1. The van der Waals surface area contributed by atoms with Crippen molar-refractivity contribution in [2.75, 3.05) is 12.0 Å². The summed E-state index contributed by atoms with van der Waals surface area (Å²) in [5.41, 5.74) is 2.46. The third kappa shape index (κ3) is 2.85. The van der Waals surface area contributed by atoms with Crippen LogP contribution in [0.15, 0.2) is 42.6 Å². The third-order valence-corrected chi connectivity index (χ3v) is 2.59. The highest BCUT2D eigenvalue weighted by atomic mass is 19.1. The SMILES string of the molecule is CCOC(=O)Nn1cccc1C(=O)c1ccccc1F. The maximum Gasteiger partial charge on any atom is 0.426 e. The van der Waals surface area contributed by atoms with E-state index in [1.807, 2.05) is 0 Å². The molecule has 1 heterocycles. The second kappa shape index (κ2) is 6.01. The molecule has 0 saturated carbocycles. The number of nitrogens with one attached hydrogen (secondary N) is 1. The minimum absolute atomic E-state index is 0.0573. The van der Waals surface area contributed by atoms with Crippen molar-refractivity contribution in [3.05, 3.63) is 59.7 Å². The molecule has 0 saturated heterocycles. The number of ketones is 1. The van der Waals surface area contributed by atoms with E-state index in [2.05, 4.69) is 5.43 Å². The first-order valence-corrected chi connectivity index (χ1v) is 6.04. The van der Waals surface area contributed by atoms with Crippen molar-refractivity contribution in [3.63, 3.8) is 0 Å². The van der Waals surface area contributed by atoms with Crippen molar-refractivity contribution < 1.29 is 18.7 Å². The minimum atomic E-state index is -0.689. The number of nitrogens with zero attached hydrogens (tertiary/aromatic N) is 1. The maximum atomic E-state index is 13.6. The predicted octanol–water partition coefficient (Wildman–Crippen LogP) is 2.56. The van der Waals surface area contributed by atoms with E-state index < -0.39 is 17.7 Å². The zero-order chi connectivity index (χ0) is 14.5. The van der Waals surface area contributed by atoms with Gasteiger partial charge in [0.2, 0.25) is 5.78 Å². The number of hydrogen-bond acceptors (Lipinski definition) is 3. The first-order chi connectivity index (χ1) is 9.63. The smallest absolute Gasteiger partial charge is 0.426 e. The maximum absolute atomic E-state index is 13.6. The normalized spacial score (nSPS) is 10.1. The summed E-state index contributed by atoms with van der Waals surface area (Å²) in [5, 5.41) is 0. The molecule has 1 amide bonds. The van der Waals surface area contributed by atoms with Gasteiger partial charge in [-0.15, -0.1) is 0 Å². The lowest BCUT2D eigenvalue weighted by molar-refractivity contribution is 0.102. The highest BCUT2D eigenvalue weighted by Crippen LogP contribution is 2.13. The van der Waals surface area contributed by atoms with Crippen LogP contribution in [0.3, 0.4) is 0 Å². The van der Waals surface area contributed by atoms with Gasteiger partial charge in [0.1, 0.15) is 11.5 Å². The molecule has 0 unspecified atom stereocenters. The molecule has 6 heteroatoms. The molecule has 0 radical (unpaired) electrons. The summed E-state index contributed by atoms with van der Waals surface area (Å²) in [6.45, 7) is 1.88. The van der Waals surface area contributed by atoms with Gasteiger partial charge in [0, 0.05) is 6.20 Å². The summed E-state index contributed by atoms with van der Waals surface area (Å²) in [7, 11) is 0. The first kappa shape index (κ1) is 13.8. The number of rotatable bonds is 4. The van der Waals surface area contributed by atoms with Crippen LogP contribution in [0.25, 0.3) is 0 Å². The summed E-state index contributed by atoms with van der Waals surface area (Å²) < 4.78 is 19.5. The molecule has 1 N–H and O–H groups in total. The molecule has 0 aliphatic carbocycles. The van der Waals surface area contributed by atoms with Gasteiger partial charge in [-0.25, -0.2) is 14.6 Å². The lowest BCUT2D eigenvalue weighted by Gasteiger charge is -2.10. The first-order valence-electron chi connectivity index (χ1n) is 6.04. The molecule has 5 nitrogen and oxygen atoms in total. The molecule has 0 bridgehead atoms. The second-order valence-electron chi connectivity index (χ2n) is 3.90. The van der Waals surface area contributed by atoms with Gasteiger partial charge >= 0.3 is 6.09 Å². The Morgan fingerprint density at radius 1 is 1.25 bits per heavy atom. The van der Waals surface area contributed by atoms with Gasteiger partial charge in [0.25, 0.3) is 0 Å². The molecule has 1 aromatic heterocycles. The van der Waals surface area contributed by atoms with Crippen molar-refractivity contribution in [3.8, 4) is 0 Å². The lowest BCUT2D eigenvalue weighted by Crippen LogP contribution is -2.26. The molecular weight excluding hydrogens is 263 g/mol. The summed E-state index contributed by atoms with van der Waals surface area (Å²) in [4.78, 5) is 23.6. The zero-order valence-electron chi connectivity index (χ0n) is 10.8. The number of benzene rings is 1. The van der Waals surface area contributed by atoms with E-state index in [1.165, 1.54) is 35.1 Å². The average molecular weight is 276 g/mol. The van der Waals surface area contributed by atoms with Crippen LogP contribution in [0.1, 0.15) is 23.0 Å². The van der Waals surface area contributed by atoms with Gasteiger partial charge in [0.15, 0.2) is 0 Å². The molecule has 104 valence electrons. The van der Waals surface area contributed by atoms with E-state index in [-0.39, 0.29) is 17.9 Å². The quantitative estimate of drug-likeness (QED) is 0.873. The molecule has 0 aliphatic rings. The van der Waals surface area contributed by atoms with Crippen LogP contribution < -0.4 is 5.43 Å². The van der Waals surface area contributed by atoms with Crippen LogP contribution >= 0.6 is 0 Å². The number of amides is 1. The highest BCUT2D eigenvalue weighted by molar-refractivity contribution is 6.08. The molecule has 20 heavy (non-hydrogen) atoms. The number of carbonyl (C=O) groups is 2. The molecular formula is C14H13FN2O3. The zero-order valence-corrected chi connectivity index (χ0v) is 10.8. The highest BCUT2D eigenvalue weighted by Gasteiger charge is 2.17. The van der Waals surface area contributed by atoms with Gasteiger partial charge in [0.05, 0.1) is 12.2 Å². The Balaban J connectivity index is 2.26. The fraction of sp³-hybridized carbons (Fsp3) is 0.143. The van der Waals surface area contributed by atoms with Crippen LogP contribution in [-0.4, -0.2) is 23.2 Å². The fourth-order valence-electron chi connectivity index (χ4n) is 1.71. The second-order valence-corrected chi connectivity index (χ2v) is 3.90. The van der Waals surface area contributed by atoms with Crippen LogP contribution in [0.4, 0.5) is 9.18 Å². The van der Waals surface area contributed by atoms with Gasteiger partial charge in [-0.05, 0) is 31.2 Å². The monoisotopic (exact) mass is 276 g/mol. The Morgan fingerprint density at radius 2 is 2.00 bits per heavy atom. The topological polar surface area (TPSA) is 60.3 Å². The summed E-state index contributed by atoms with van der Waals surface area (Å²) in [6.07, 6.45) is 0.789. The number of ether oxygens (including phenoxy) is 1. The van der Waals surface area contributed by atoms with E-state index >= 15 is 0 Å². The minimum Gasteiger partial charge on any atom is -0.449 e.